The number of ether oxygens (including phenoxy) is 1. The van der Waals surface area contributed by atoms with Crippen LogP contribution in [0.3, 0.4) is 0 Å². The van der Waals surface area contributed by atoms with E-state index in [1.54, 1.807) is 18.2 Å². The highest BCUT2D eigenvalue weighted by atomic mass is 32.2. The van der Waals surface area contributed by atoms with Crippen molar-refractivity contribution < 1.29 is 17.9 Å². The van der Waals surface area contributed by atoms with Gasteiger partial charge in [0.1, 0.15) is 6.10 Å². The third kappa shape index (κ3) is 3.22. The van der Waals surface area contributed by atoms with Crippen LogP contribution in [0.1, 0.15) is 16.8 Å². The summed E-state index contributed by atoms with van der Waals surface area (Å²) in [7, 11) is 0.651. The van der Waals surface area contributed by atoms with Crippen LogP contribution in [0.5, 0.6) is 0 Å². The van der Waals surface area contributed by atoms with E-state index >= 15 is 0 Å². The SMILES string of the molecule is CN(C)c1ccc(C(=O)OC2CCS(=O)(=O)C2)cc1N. The number of hydrogen-bond acceptors (Lipinski definition) is 6. The van der Waals surface area contributed by atoms with Gasteiger partial charge >= 0.3 is 5.97 Å². The highest BCUT2D eigenvalue weighted by Crippen LogP contribution is 2.23. The van der Waals surface area contributed by atoms with E-state index in [1.165, 1.54) is 0 Å². The summed E-state index contributed by atoms with van der Waals surface area (Å²) in [4.78, 5) is 13.8. The fourth-order valence-corrected chi connectivity index (χ4v) is 3.75. The first-order valence-electron chi connectivity index (χ1n) is 6.27. The lowest BCUT2D eigenvalue weighted by Crippen LogP contribution is -2.20. The second kappa shape index (κ2) is 5.32. The van der Waals surface area contributed by atoms with Crippen LogP contribution in [0.2, 0.25) is 0 Å². The van der Waals surface area contributed by atoms with Crippen molar-refractivity contribution in [3.63, 3.8) is 0 Å². The maximum absolute atomic E-state index is 12.0. The Hall–Kier alpha value is -1.76. The topological polar surface area (TPSA) is 89.7 Å². The fourth-order valence-electron chi connectivity index (χ4n) is 2.16. The van der Waals surface area contributed by atoms with Gasteiger partial charge in [-0.15, -0.1) is 0 Å². The van der Waals surface area contributed by atoms with Gasteiger partial charge in [-0.05, 0) is 24.6 Å². The molecule has 0 spiro atoms. The summed E-state index contributed by atoms with van der Waals surface area (Å²) in [6, 6.07) is 4.90. The molecule has 0 bridgehead atoms. The molecule has 1 aromatic carbocycles. The maximum atomic E-state index is 12.0. The van der Waals surface area contributed by atoms with Gasteiger partial charge in [0.15, 0.2) is 9.84 Å². The molecular weight excluding hydrogens is 280 g/mol. The number of nitrogens with two attached hydrogens (primary N) is 1. The Morgan fingerprint density at radius 2 is 2.10 bits per heavy atom. The number of carbonyl (C=O) groups is 1. The normalized spacial score (nSPS) is 20.6. The number of nitrogen functional groups attached to an aromatic ring is 1. The first-order valence-corrected chi connectivity index (χ1v) is 8.09. The number of esters is 1. The summed E-state index contributed by atoms with van der Waals surface area (Å²) in [5, 5.41) is 0. The Labute approximate surface area is 118 Å². The molecule has 0 radical (unpaired) electrons. The molecule has 2 N–H and O–H groups in total. The molecule has 1 atom stereocenters. The van der Waals surface area contributed by atoms with E-state index in [0.29, 0.717) is 17.7 Å². The lowest BCUT2D eigenvalue weighted by molar-refractivity contribution is 0.0356. The second-order valence-corrected chi connectivity index (χ2v) is 7.33. The largest absolute Gasteiger partial charge is 0.458 e. The molecule has 7 heteroatoms. The Morgan fingerprint density at radius 3 is 2.60 bits per heavy atom. The van der Waals surface area contributed by atoms with Crippen molar-refractivity contribution in [1.82, 2.24) is 0 Å². The van der Waals surface area contributed by atoms with Gasteiger partial charge in [-0.25, -0.2) is 13.2 Å². The predicted molar refractivity (Wildman–Crippen MR) is 77.7 cm³/mol. The van der Waals surface area contributed by atoms with Gasteiger partial charge in [0.2, 0.25) is 0 Å². The number of hydrogen-bond donors (Lipinski definition) is 1. The van der Waals surface area contributed by atoms with Gasteiger partial charge in [0.05, 0.1) is 28.4 Å². The molecule has 0 amide bonds. The van der Waals surface area contributed by atoms with E-state index in [2.05, 4.69) is 0 Å². The number of carbonyl (C=O) groups excluding carboxylic acids is 1. The van der Waals surface area contributed by atoms with Crippen LogP contribution < -0.4 is 10.6 Å². The minimum absolute atomic E-state index is 0.0760. The Balaban J connectivity index is 2.09. The molecule has 1 saturated heterocycles. The first-order chi connectivity index (χ1) is 9.28. The molecule has 0 aromatic heterocycles. The molecular formula is C13H18N2O4S. The standard InChI is InChI=1S/C13H18N2O4S/c1-15(2)12-4-3-9(7-11(12)14)13(16)19-10-5-6-20(17,18)8-10/h3-4,7,10H,5-6,8,14H2,1-2H3. The zero-order valence-electron chi connectivity index (χ0n) is 11.5. The number of nitrogens with zero attached hydrogens (tertiary/aromatic N) is 1. The molecule has 1 aliphatic rings. The molecule has 110 valence electrons. The van der Waals surface area contributed by atoms with Crippen molar-refractivity contribution in [2.75, 3.05) is 36.2 Å². The smallest absolute Gasteiger partial charge is 0.338 e. The summed E-state index contributed by atoms with van der Waals surface area (Å²) < 4.78 is 27.8. The Kier molecular flexibility index (Phi) is 3.89. The van der Waals surface area contributed by atoms with Crippen molar-refractivity contribution >= 4 is 27.2 Å². The van der Waals surface area contributed by atoms with E-state index in [1.807, 2.05) is 19.0 Å². The van der Waals surface area contributed by atoms with Crippen molar-refractivity contribution in [2.45, 2.75) is 12.5 Å². The molecule has 2 rings (SSSR count). The highest BCUT2D eigenvalue weighted by molar-refractivity contribution is 7.91. The van der Waals surface area contributed by atoms with Crippen LogP contribution in [-0.4, -0.2) is 46.1 Å². The average Bonchev–Trinajstić information content (AvgIpc) is 2.68. The van der Waals surface area contributed by atoms with E-state index in [0.717, 1.165) is 5.69 Å². The summed E-state index contributed by atoms with van der Waals surface area (Å²) in [6.07, 6.45) is -0.193. The van der Waals surface area contributed by atoms with E-state index in [4.69, 9.17) is 10.5 Å². The summed E-state index contributed by atoms with van der Waals surface area (Å²) in [5.41, 5.74) is 7.48. The monoisotopic (exact) mass is 298 g/mol. The van der Waals surface area contributed by atoms with Crippen LogP contribution in [0.25, 0.3) is 0 Å². The molecule has 1 heterocycles. The van der Waals surface area contributed by atoms with Gasteiger partial charge in [0, 0.05) is 14.1 Å². The van der Waals surface area contributed by atoms with E-state index < -0.39 is 21.9 Å². The average molecular weight is 298 g/mol. The lowest BCUT2D eigenvalue weighted by atomic mass is 10.1. The predicted octanol–water partition coefficient (Wildman–Crippen LogP) is 0.679. The van der Waals surface area contributed by atoms with Gasteiger partial charge in [-0.1, -0.05) is 0 Å². The molecule has 0 aliphatic carbocycles. The van der Waals surface area contributed by atoms with Gasteiger partial charge in [0.25, 0.3) is 0 Å². The van der Waals surface area contributed by atoms with Crippen molar-refractivity contribution in [3.8, 4) is 0 Å². The maximum Gasteiger partial charge on any atom is 0.338 e. The van der Waals surface area contributed by atoms with E-state index in [-0.39, 0.29) is 11.5 Å². The third-order valence-corrected chi connectivity index (χ3v) is 4.95. The van der Waals surface area contributed by atoms with Crippen LogP contribution in [0.4, 0.5) is 11.4 Å². The molecule has 0 saturated carbocycles. The molecule has 1 aliphatic heterocycles. The Morgan fingerprint density at radius 1 is 1.40 bits per heavy atom. The third-order valence-electron chi connectivity index (χ3n) is 3.21. The van der Waals surface area contributed by atoms with Crippen LogP contribution in [-0.2, 0) is 14.6 Å². The molecule has 1 unspecified atom stereocenters. The minimum Gasteiger partial charge on any atom is -0.458 e. The van der Waals surface area contributed by atoms with Crippen molar-refractivity contribution in [3.05, 3.63) is 23.8 Å². The van der Waals surface area contributed by atoms with E-state index in [9.17, 15) is 13.2 Å². The number of anilines is 2. The van der Waals surface area contributed by atoms with Crippen LogP contribution >= 0.6 is 0 Å². The highest BCUT2D eigenvalue weighted by Gasteiger charge is 2.31. The lowest BCUT2D eigenvalue weighted by Gasteiger charge is -2.16. The van der Waals surface area contributed by atoms with Crippen LogP contribution in [0.15, 0.2) is 18.2 Å². The van der Waals surface area contributed by atoms with Gasteiger partial charge in [-0.2, -0.15) is 0 Å². The van der Waals surface area contributed by atoms with Gasteiger partial charge < -0.3 is 15.4 Å². The molecule has 1 fully saturated rings. The fraction of sp³-hybridized carbons (Fsp3) is 0.462. The number of rotatable bonds is 3. The molecule has 1 aromatic rings. The molecule has 20 heavy (non-hydrogen) atoms. The first kappa shape index (κ1) is 14.6. The van der Waals surface area contributed by atoms with Crippen molar-refractivity contribution in [2.24, 2.45) is 0 Å². The number of benzene rings is 1. The summed E-state index contributed by atoms with van der Waals surface area (Å²) in [5.74, 6) is -0.555. The van der Waals surface area contributed by atoms with Gasteiger partial charge in [-0.3, -0.25) is 0 Å². The molecule has 6 nitrogen and oxygen atoms in total. The zero-order chi connectivity index (χ0) is 14.9. The minimum atomic E-state index is -3.06. The zero-order valence-corrected chi connectivity index (χ0v) is 12.3. The second-order valence-electron chi connectivity index (χ2n) is 5.10. The quantitative estimate of drug-likeness (QED) is 0.652. The van der Waals surface area contributed by atoms with Crippen molar-refractivity contribution in [1.29, 1.82) is 0 Å². The Bertz CT molecular complexity index is 625. The van der Waals surface area contributed by atoms with Crippen LogP contribution in [0, 0.1) is 0 Å². The summed E-state index contributed by atoms with van der Waals surface area (Å²) >= 11 is 0. The number of sulfone groups is 1. The summed E-state index contributed by atoms with van der Waals surface area (Å²) in [6.45, 7) is 0.